The number of hydrogen-bond acceptors (Lipinski definition) is 4. The fourth-order valence-electron chi connectivity index (χ4n) is 1.73. The molecule has 0 radical (unpaired) electrons. The summed E-state index contributed by atoms with van der Waals surface area (Å²) in [5.41, 5.74) is 0.761. The molecular formula is C12H19F3N4. The quantitative estimate of drug-likeness (QED) is 0.897. The summed E-state index contributed by atoms with van der Waals surface area (Å²) in [6.45, 7) is 6.04. The van der Waals surface area contributed by atoms with Gasteiger partial charge in [-0.15, -0.1) is 0 Å². The number of anilines is 2. The van der Waals surface area contributed by atoms with Gasteiger partial charge in [0.25, 0.3) is 0 Å². The molecule has 0 aliphatic heterocycles. The molecular weight excluding hydrogens is 257 g/mol. The van der Waals surface area contributed by atoms with Crippen LogP contribution in [0.25, 0.3) is 0 Å². The van der Waals surface area contributed by atoms with Crippen molar-refractivity contribution in [3.8, 4) is 0 Å². The third-order valence-electron chi connectivity index (χ3n) is 2.67. The lowest BCUT2D eigenvalue weighted by molar-refractivity contribution is -0.132. The van der Waals surface area contributed by atoms with Crippen LogP contribution in [0, 0.1) is 13.8 Å². The molecule has 0 amide bonds. The van der Waals surface area contributed by atoms with E-state index >= 15 is 0 Å². The maximum atomic E-state index is 12.2. The second kappa shape index (κ2) is 6.08. The minimum absolute atomic E-state index is 0.119. The van der Waals surface area contributed by atoms with E-state index < -0.39 is 12.6 Å². The van der Waals surface area contributed by atoms with Crippen molar-refractivity contribution in [1.29, 1.82) is 0 Å². The van der Waals surface area contributed by atoms with E-state index in [1.807, 2.05) is 6.92 Å². The monoisotopic (exact) mass is 276 g/mol. The highest BCUT2D eigenvalue weighted by Crippen LogP contribution is 2.25. The Bertz CT molecular complexity index is 432. The zero-order valence-corrected chi connectivity index (χ0v) is 11.6. The Labute approximate surface area is 111 Å². The molecule has 1 N–H and O–H groups in total. The van der Waals surface area contributed by atoms with Crippen LogP contribution in [-0.2, 0) is 0 Å². The van der Waals surface area contributed by atoms with Crippen molar-refractivity contribution in [2.24, 2.45) is 0 Å². The predicted molar refractivity (Wildman–Crippen MR) is 69.6 cm³/mol. The topological polar surface area (TPSA) is 41.1 Å². The normalized spacial score (nSPS) is 11.5. The second-order valence-electron chi connectivity index (χ2n) is 4.39. The van der Waals surface area contributed by atoms with Crippen LogP contribution in [0.2, 0.25) is 0 Å². The van der Waals surface area contributed by atoms with Crippen molar-refractivity contribution in [2.45, 2.75) is 33.4 Å². The van der Waals surface area contributed by atoms with Crippen molar-refractivity contribution in [3.05, 3.63) is 11.4 Å². The minimum atomic E-state index is -4.16. The van der Waals surface area contributed by atoms with Gasteiger partial charge in [-0.05, 0) is 20.8 Å². The number of alkyl halides is 3. The Hall–Kier alpha value is -1.53. The fraction of sp³-hybridized carbons (Fsp3) is 0.667. The van der Waals surface area contributed by atoms with Gasteiger partial charge in [0.15, 0.2) is 0 Å². The number of halogens is 3. The number of rotatable bonds is 5. The lowest BCUT2D eigenvalue weighted by Gasteiger charge is -2.22. The molecule has 0 spiro atoms. The molecule has 0 unspecified atom stereocenters. The Morgan fingerprint density at radius 3 is 2.37 bits per heavy atom. The molecule has 1 heterocycles. The van der Waals surface area contributed by atoms with Gasteiger partial charge < -0.3 is 10.2 Å². The first-order valence-corrected chi connectivity index (χ1v) is 6.11. The van der Waals surface area contributed by atoms with Gasteiger partial charge in [0.1, 0.15) is 17.5 Å². The van der Waals surface area contributed by atoms with Gasteiger partial charge in [0, 0.05) is 25.7 Å². The van der Waals surface area contributed by atoms with E-state index in [9.17, 15) is 13.2 Å². The second-order valence-corrected chi connectivity index (χ2v) is 4.39. The summed E-state index contributed by atoms with van der Waals surface area (Å²) >= 11 is 0. The van der Waals surface area contributed by atoms with Gasteiger partial charge in [-0.1, -0.05) is 0 Å². The van der Waals surface area contributed by atoms with Crippen LogP contribution in [0.15, 0.2) is 0 Å². The lowest BCUT2D eigenvalue weighted by atomic mass is 10.2. The van der Waals surface area contributed by atoms with Crippen molar-refractivity contribution >= 4 is 11.6 Å². The summed E-state index contributed by atoms with van der Waals surface area (Å²) in [5, 5.41) is 3.08. The number of hydrogen-bond donors (Lipinski definition) is 1. The van der Waals surface area contributed by atoms with E-state index in [0.29, 0.717) is 24.0 Å². The summed E-state index contributed by atoms with van der Waals surface area (Å²) in [7, 11) is 1.61. The zero-order chi connectivity index (χ0) is 14.6. The molecule has 108 valence electrons. The van der Waals surface area contributed by atoms with Gasteiger partial charge in [0.2, 0.25) is 0 Å². The average Bonchev–Trinajstić information content (AvgIpc) is 2.29. The van der Waals surface area contributed by atoms with Crippen molar-refractivity contribution in [2.75, 3.05) is 30.4 Å². The van der Waals surface area contributed by atoms with E-state index in [2.05, 4.69) is 15.3 Å². The average molecular weight is 276 g/mol. The molecule has 4 nitrogen and oxygen atoms in total. The highest BCUT2D eigenvalue weighted by Gasteiger charge is 2.27. The van der Waals surface area contributed by atoms with E-state index in [-0.39, 0.29) is 6.54 Å². The number of aryl methyl sites for hydroxylation is 1. The Morgan fingerprint density at radius 1 is 1.21 bits per heavy atom. The number of nitrogens with one attached hydrogen (secondary N) is 1. The smallest absolute Gasteiger partial charge is 0.370 e. The highest BCUT2D eigenvalue weighted by molar-refractivity contribution is 5.58. The third kappa shape index (κ3) is 4.57. The van der Waals surface area contributed by atoms with Crippen LogP contribution in [0.5, 0.6) is 0 Å². The van der Waals surface area contributed by atoms with Gasteiger partial charge in [0.05, 0.1) is 6.42 Å². The van der Waals surface area contributed by atoms with Crippen molar-refractivity contribution in [3.63, 3.8) is 0 Å². The molecule has 1 rings (SSSR count). The summed E-state index contributed by atoms with van der Waals surface area (Å²) in [4.78, 5) is 9.98. The molecule has 0 aliphatic carbocycles. The first kappa shape index (κ1) is 15.5. The summed E-state index contributed by atoms with van der Waals surface area (Å²) in [5.74, 6) is 1.74. The van der Waals surface area contributed by atoms with Gasteiger partial charge in [-0.3, -0.25) is 0 Å². The largest absolute Gasteiger partial charge is 0.390 e. The molecule has 7 heteroatoms. The van der Waals surface area contributed by atoms with Crippen LogP contribution in [0.4, 0.5) is 24.8 Å². The highest BCUT2D eigenvalue weighted by atomic mass is 19.4. The molecule has 1 aromatic heterocycles. The van der Waals surface area contributed by atoms with E-state index in [1.54, 1.807) is 20.9 Å². The van der Waals surface area contributed by atoms with Gasteiger partial charge in [-0.2, -0.15) is 13.2 Å². The van der Waals surface area contributed by atoms with Crippen LogP contribution in [0.3, 0.4) is 0 Å². The molecule has 0 atom stereocenters. The molecule has 1 aromatic rings. The van der Waals surface area contributed by atoms with E-state index in [0.717, 1.165) is 5.56 Å². The zero-order valence-electron chi connectivity index (χ0n) is 11.6. The molecule has 0 bridgehead atoms. The number of nitrogens with zero attached hydrogens (tertiary/aromatic N) is 3. The van der Waals surface area contributed by atoms with Crippen LogP contribution >= 0.6 is 0 Å². The Balaban J connectivity index is 2.92. The fourth-order valence-corrected chi connectivity index (χ4v) is 1.73. The summed E-state index contributed by atoms with van der Waals surface area (Å²) in [6, 6.07) is 0. The van der Waals surface area contributed by atoms with Gasteiger partial charge >= 0.3 is 6.18 Å². The Morgan fingerprint density at radius 2 is 1.84 bits per heavy atom. The van der Waals surface area contributed by atoms with Crippen LogP contribution in [0.1, 0.15) is 24.7 Å². The first-order valence-electron chi connectivity index (χ1n) is 6.11. The van der Waals surface area contributed by atoms with Crippen LogP contribution < -0.4 is 10.2 Å². The predicted octanol–water partition coefficient (Wildman–Crippen LogP) is 2.91. The first-order chi connectivity index (χ1) is 8.74. The molecule has 0 saturated carbocycles. The van der Waals surface area contributed by atoms with Gasteiger partial charge in [-0.25, -0.2) is 9.97 Å². The lowest BCUT2D eigenvalue weighted by Crippen LogP contribution is -2.26. The molecule has 0 fully saturated rings. The van der Waals surface area contributed by atoms with Crippen LogP contribution in [-0.4, -0.2) is 36.3 Å². The minimum Gasteiger partial charge on any atom is -0.370 e. The van der Waals surface area contributed by atoms with E-state index in [1.165, 1.54) is 4.90 Å². The maximum absolute atomic E-state index is 12.2. The standard InChI is InChI=1S/C12H19F3N4/c1-5-16-10-8(2)11(18-9(3)17-10)19(4)7-6-12(13,14)15/h5-7H2,1-4H3,(H,16,17,18). The number of aromatic nitrogens is 2. The SMILES string of the molecule is CCNc1nc(C)nc(N(C)CCC(F)(F)F)c1C. The molecule has 0 aliphatic rings. The van der Waals surface area contributed by atoms with Crippen molar-refractivity contribution < 1.29 is 13.2 Å². The molecule has 19 heavy (non-hydrogen) atoms. The summed E-state index contributed by atoms with van der Waals surface area (Å²) < 4.78 is 36.7. The molecule has 0 aromatic carbocycles. The van der Waals surface area contributed by atoms with E-state index in [4.69, 9.17) is 0 Å². The van der Waals surface area contributed by atoms with Crippen molar-refractivity contribution in [1.82, 2.24) is 9.97 Å². The maximum Gasteiger partial charge on any atom is 0.390 e. The summed E-state index contributed by atoms with van der Waals surface area (Å²) in [6.07, 6.45) is -5.02. The Kier molecular flexibility index (Phi) is 4.97. The molecule has 0 saturated heterocycles. The third-order valence-corrected chi connectivity index (χ3v) is 2.67.